The van der Waals surface area contributed by atoms with Gasteiger partial charge >= 0.3 is 0 Å². The fraction of sp³-hybridized carbons (Fsp3) is 0.357. The van der Waals surface area contributed by atoms with Crippen molar-refractivity contribution in [2.45, 2.75) is 45.4 Å². The van der Waals surface area contributed by atoms with Crippen molar-refractivity contribution in [3.8, 4) is 11.3 Å². The number of hydrogen-bond acceptors (Lipinski definition) is 3. The zero-order chi connectivity index (χ0) is 23.1. The van der Waals surface area contributed by atoms with E-state index < -0.39 is 0 Å². The Balaban J connectivity index is 1.53. The number of likely N-dealkylation sites (tertiary alicyclic amines) is 1. The molecule has 0 radical (unpaired) electrons. The number of piperidine rings is 1. The Labute approximate surface area is 195 Å². The minimum Gasteiger partial charge on any atom is -0.369 e. The summed E-state index contributed by atoms with van der Waals surface area (Å²) in [5.74, 6) is 0.674. The van der Waals surface area contributed by atoms with Crippen molar-refractivity contribution < 1.29 is 4.79 Å². The number of nitrogens with one attached hydrogen (secondary N) is 1. The Morgan fingerprint density at radius 1 is 1.18 bits per heavy atom. The Hall–Kier alpha value is -3.18. The van der Waals surface area contributed by atoms with Crippen LogP contribution in [0.1, 0.15) is 55.2 Å². The van der Waals surface area contributed by atoms with Crippen LogP contribution in [0.25, 0.3) is 33.1 Å². The topological polar surface area (TPSA) is 75.0 Å². The molecule has 1 saturated heterocycles. The van der Waals surface area contributed by atoms with Crippen molar-refractivity contribution in [3.63, 3.8) is 0 Å². The van der Waals surface area contributed by atoms with Crippen LogP contribution in [0, 0.1) is 6.92 Å². The van der Waals surface area contributed by atoms with Gasteiger partial charge in [-0.3, -0.25) is 14.7 Å². The first-order valence-corrected chi connectivity index (χ1v) is 11.9. The highest BCUT2D eigenvalue weighted by atomic mass is 16.1. The van der Waals surface area contributed by atoms with Gasteiger partial charge in [0.15, 0.2) is 0 Å². The molecule has 5 rings (SSSR count). The molecule has 1 aliphatic rings. The van der Waals surface area contributed by atoms with Crippen LogP contribution < -0.4 is 5.73 Å². The normalized spacial score (nSPS) is 15.6. The molecule has 2 aromatic carbocycles. The van der Waals surface area contributed by atoms with E-state index in [1.54, 1.807) is 0 Å². The Kier molecular flexibility index (Phi) is 5.67. The van der Waals surface area contributed by atoms with Crippen LogP contribution in [0.2, 0.25) is 0 Å². The summed E-state index contributed by atoms with van der Waals surface area (Å²) >= 11 is 0. The van der Waals surface area contributed by atoms with E-state index in [9.17, 15) is 4.79 Å². The predicted molar refractivity (Wildman–Crippen MR) is 135 cm³/mol. The molecule has 170 valence electrons. The molecule has 1 fully saturated rings. The van der Waals surface area contributed by atoms with Gasteiger partial charge in [0.25, 0.3) is 0 Å². The average molecular weight is 441 g/mol. The monoisotopic (exact) mass is 440 g/mol. The summed E-state index contributed by atoms with van der Waals surface area (Å²) in [5.41, 5.74) is 14.0. The maximum absolute atomic E-state index is 11.3. The van der Waals surface area contributed by atoms with Gasteiger partial charge in [-0.1, -0.05) is 26.0 Å². The predicted octanol–water partition coefficient (Wildman–Crippen LogP) is 5.48. The van der Waals surface area contributed by atoms with Crippen LogP contribution in [-0.4, -0.2) is 40.4 Å². The van der Waals surface area contributed by atoms with Gasteiger partial charge in [0.2, 0.25) is 5.91 Å². The number of benzene rings is 2. The van der Waals surface area contributed by atoms with Gasteiger partial charge in [-0.2, -0.15) is 0 Å². The molecule has 0 unspecified atom stereocenters. The number of aromatic nitrogens is 2. The number of hydrogen-bond donors (Lipinski definition) is 2. The highest BCUT2D eigenvalue weighted by Crippen LogP contribution is 2.39. The summed E-state index contributed by atoms with van der Waals surface area (Å²) in [6, 6.07) is 15.6. The van der Waals surface area contributed by atoms with Crippen molar-refractivity contribution in [1.29, 1.82) is 0 Å². The molecule has 3 heterocycles. The third kappa shape index (κ3) is 4.13. The van der Waals surface area contributed by atoms with E-state index in [1.807, 2.05) is 12.3 Å². The van der Waals surface area contributed by atoms with Gasteiger partial charge in [-0.15, -0.1) is 0 Å². The quantitative estimate of drug-likeness (QED) is 0.431. The van der Waals surface area contributed by atoms with Crippen LogP contribution in [0.4, 0.5) is 0 Å². The highest BCUT2D eigenvalue weighted by Gasteiger charge is 2.23. The molecule has 0 atom stereocenters. The first-order valence-electron chi connectivity index (χ1n) is 11.9. The summed E-state index contributed by atoms with van der Waals surface area (Å²) in [7, 11) is 0. The van der Waals surface area contributed by atoms with Gasteiger partial charge in [0.1, 0.15) is 0 Å². The number of carbonyl (C=O) groups is 1. The van der Waals surface area contributed by atoms with E-state index >= 15 is 0 Å². The fourth-order valence-electron chi connectivity index (χ4n) is 5.48. The molecule has 0 saturated carbocycles. The molecule has 5 heteroatoms. The summed E-state index contributed by atoms with van der Waals surface area (Å²) in [4.78, 5) is 21.7. The van der Waals surface area contributed by atoms with E-state index in [4.69, 9.17) is 5.73 Å². The number of nitrogens with two attached hydrogens (primary N) is 1. The van der Waals surface area contributed by atoms with E-state index in [-0.39, 0.29) is 5.91 Å². The van der Waals surface area contributed by atoms with Gasteiger partial charge in [0, 0.05) is 28.2 Å². The number of carbonyl (C=O) groups excluding carboxylic acids is 1. The van der Waals surface area contributed by atoms with Crippen molar-refractivity contribution in [1.82, 2.24) is 14.9 Å². The number of aromatic amines is 1. The van der Waals surface area contributed by atoms with Crippen molar-refractivity contribution in [2.75, 3.05) is 19.6 Å². The second kappa shape index (κ2) is 8.64. The van der Waals surface area contributed by atoms with Gasteiger partial charge in [-0.25, -0.2) is 0 Å². The number of rotatable bonds is 5. The standard InChI is InChI=1S/C28H32N4O/c1-17(2)26-23-15-20(19-8-11-32(12-9-19)16-25(29)33)6-7-24(23)31-28(26)22-13-18(3)27-21(14-22)5-4-10-30-27/h4-7,10,13-15,17,19,31H,8-9,11-12,16H2,1-3H3,(H2,29,33). The lowest BCUT2D eigenvalue weighted by Gasteiger charge is -2.31. The van der Waals surface area contributed by atoms with Gasteiger partial charge in [-0.05, 0) is 97.3 Å². The summed E-state index contributed by atoms with van der Waals surface area (Å²) in [6.07, 6.45) is 3.98. The number of aryl methyl sites for hydroxylation is 1. The van der Waals surface area contributed by atoms with Crippen molar-refractivity contribution >= 4 is 27.7 Å². The second-order valence-electron chi connectivity index (χ2n) is 9.76. The van der Waals surface area contributed by atoms with Crippen molar-refractivity contribution in [3.05, 3.63) is 65.4 Å². The lowest BCUT2D eigenvalue weighted by Crippen LogP contribution is -2.39. The number of amides is 1. The minimum absolute atomic E-state index is 0.240. The van der Waals surface area contributed by atoms with E-state index in [0.29, 0.717) is 18.4 Å². The molecular weight excluding hydrogens is 408 g/mol. The lowest BCUT2D eigenvalue weighted by molar-refractivity contribution is -0.119. The SMILES string of the molecule is Cc1cc(-c2[nH]c3ccc(C4CCN(CC(N)=O)CC4)cc3c2C(C)C)cc2cccnc12. The number of primary amides is 1. The average Bonchev–Trinajstić information content (AvgIpc) is 3.18. The fourth-order valence-corrected chi connectivity index (χ4v) is 5.48. The molecule has 0 spiro atoms. The maximum atomic E-state index is 11.3. The molecule has 0 bridgehead atoms. The summed E-state index contributed by atoms with van der Waals surface area (Å²) in [6.45, 7) is 8.90. The first-order chi connectivity index (χ1) is 15.9. The third-order valence-electron chi connectivity index (χ3n) is 7.06. The summed E-state index contributed by atoms with van der Waals surface area (Å²) in [5, 5.41) is 2.49. The van der Waals surface area contributed by atoms with E-state index in [0.717, 1.165) is 31.4 Å². The largest absolute Gasteiger partial charge is 0.369 e. The number of fused-ring (bicyclic) bond motifs is 2. The molecule has 3 N–H and O–H groups in total. The molecule has 0 aliphatic carbocycles. The minimum atomic E-state index is -0.240. The molecule has 4 aromatic rings. The smallest absolute Gasteiger partial charge is 0.231 e. The number of pyridine rings is 1. The van der Waals surface area contributed by atoms with Gasteiger partial charge in [0.05, 0.1) is 12.1 Å². The lowest BCUT2D eigenvalue weighted by atomic mass is 9.87. The molecule has 5 nitrogen and oxygen atoms in total. The van der Waals surface area contributed by atoms with Crippen LogP contribution in [0.3, 0.4) is 0 Å². The second-order valence-corrected chi connectivity index (χ2v) is 9.76. The molecule has 1 amide bonds. The zero-order valence-corrected chi connectivity index (χ0v) is 19.7. The van der Waals surface area contributed by atoms with Crippen LogP contribution in [0.5, 0.6) is 0 Å². The van der Waals surface area contributed by atoms with Gasteiger partial charge < -0.3 is 10.7 Å². The molecular formula is C28H32N4O. The summed E-state index contributed by atoms with van der Waals surface area (Å²) < 4.78 is 0. The maximum Gasteiger partial charge on any atom is 0.231 e. The van der Waals surface area contributed by atoms with Crippen LogP contribution in [0.15, 0.2) is 48.7 Å². The van der Waals surface area contributed by atoms with E-state index in [2.05, 4.69) is 72.0 Å². The van der Waals surface area contributed by atoms with E-state index in [1.165, 1.54) is 44.2 Å². The molecule has 1 aliphatic heterocycles. The van der Waals surface area contributed by atoms with Crippen LogP contribution >= 0.6 is 0 Å². The van der Waals surface area contributed by atoms with Crippen molar-refractivity contribution in [2.24, 2.45) is 5.73 Å². The Morgan fingerprint density at radius 2 is 1.97 bits per heavy atom. The molecule has 33 heavy (non-hydrogen) atoms. The Bertz CT molecular complexity index is 1330. The highest BCUT2D eigenvalue weighted by molar-refractivity contribution is 5.94. The zero-order valence-electron chi connectivity index (χ0n) is 19.7. The number of nitrogens with zero attached hydrogens (tertiary/aromatic N) is 2. The first kappa shape index (κ1) is 21.7. The van der Waals surface area contributed by atoms with Crippen LogP contribution in [-0.2, 0) is 4.79 Å². The molecule has 2 aromatic heterocycles. The Morgan fingerprint density at radius 3 is 2.70 bits per heavy atom. The number of H-pyrrole nitrogens is 1. The third-order valence-corrected chi connectivity index (χ3v) is 7.06.